The Balaban J connectivity index is 0.000000523. The van der Waals surface area contributed by atoms with Crippen molar-refractivity contribution < 1.29 is 19.8 Å². The Morgan fingerprint density at radius 1 is 0.382 bits per heavy atom. The van der Waals surface area contributed by atoms with Crippen molar-refractivity contribution in [2.24, 2.45) is 29.6 Å². The SMILES string of the molecule is CCCCCC1C=C2C(C=CC(CCCCCCCC(=O)O)C2CCCCCCCC(=O)O)CC1CCCCC.CCCCCCCCc1ccc(CCCCCC)c(CCCCCCCC)c1CCCCCCCC. The van der Waals surface area contributed by atoms with E-state index in [9.17, 15) is 9.59 Å². The number of aryl methyl sites for hydroxylation is 2. The predicted octanol–water partition coefficient (Wildman–Crippen LogP) is 23.3. The standard InChI is InChI=1S/C36H62O4.C36H66/c1-3-5-13-20-30-27-32-26-25-29(19-15-9-7-11-17-23-35(37)38)33(22-16-10-8-12-18-24-36(39)40)34(32)28-31(30)21-14-6-4-2;1-5-9-13-17-20-24-28-34-32-31-33(27-23-16-12-8-4)35(29-25-21-18-14-10-6-2)36(34)30-26-22-19-15-11-7-3/h25-26,28-33H,3-24,27H2,1-2H3,(H,37,38)(H,39,40);31-32H,5-30H2,1-4H3. The minimum Gasteiger partial charge on any atom is -0.481 e. The Kier molecular flexibility index (Phi) is 44.5. The van der Waals surface area contributed by atoms with Gasteiger partial charge < -0.3 is 10.2 Å². The van der Waals surface area contributed by atoms with Gasteiger partial charge >= 0.3 is 11.9 Å². The van der Waals surface area contributed by atoms with E-state index in [1.165, 1.54) is 263 Å². The van der Waals surface area contributed by atoms with Crippen LogP contribution < -0.4 is 0 Å². The molecule has 1 aromatic rings. The van der Waals surface area contributed by atoms with Gasteiger partial charge in [-0.15, -0.1) is 0 Å². The topological polar surface area (TPSA) is 74.6 Å². The maximum atomic E-state index is 10.8. The van der Waals surface area contributed by atoms with Crippen LogP contribution in [0.3, 0.4) is 0 Å². The number of rotatable bonds is 50. The predicted molar refractivity (Wildman–Crippen MR) is 333 cm³/mol. The minimum absolute atomic E-state index is 0.304. The molecule has 0 spiro atoms. The van der Waals surface area contributed by atoms with Crippen molar-refractivity contribution in [3.8, 4) is 0 Å². The van der Waals surface area contributed by atoms with Gasteiger partial charge in [0.15, 0.2) is 0 Å². The molecule has 3 rings (SSSR count). The van der Waals surface area contributed by atoms with E-state index < -0.39 is 11.9 Å². The van der Waals surface area contributed by atoms with Gasteiger partial charge in [0.2, 0.25) is 0 Å². The summed E-state index contributed by atoms with van der Waals surface area (Å²) < 4.78 is 0. The number of fused-ring (bicyclic) bond motifs is 1. The zero-order valence-electron chi connectivity index (χ0n) is 51.6. The van der Waals surface area contributed by atoms with Gasteiger partial charge in [-0.05, 0) is 148 Å². The van der Waals surface area contributed by atoms with E-state index >= 15 is 0 Å². The normalized spacial score (nSPS) is 18.1. The number of hydrogen-bond donors (Lipinski definition) is 2. The summed E-state index contributed by atoms with van der Waals surface area (Å²) in [6.07, 6.45) is 70.3. The molecule has 0 fully saturated rings. The molecule has 4 nitrogen and oxygen atoms in total. The maximum absolute atomic E-state index is 10.8. The summed E-state index contributed by atoms with van der Waals surface area (Å²) in [4.78, 5) is 21.6. The second-order valence-electron chi connectivity index (χ2n) is 24.7. The van der Waals surface area contributed by atoms with E-state index in [-0.39, 0.29) is 0 Å². The Labute approximate surface area is 473 Å². The second kappa shape index (κ2) is 48.5. The van der Waals surface area contributed by atoms with Crippen molar-refractivity contribution >= 4 is 11.9 Å². The highest BCUT2D eigenvalue weighted by atomic mass is 16.4. The van der Waals surface area contributed by atoms with E-state index in [4.69, 9.17) is 10.2 Å². The fourth-order valence-electron chi connectivity index (χ4n) is 13.2. The van der Waals surface area contributed by atoms with Gasteiger partial charge in [0.1, 0.15) is 0 Å². The Morgan fingerprint density at radius 3 is 1.18 bits per heavy atom. The third-order valence-electron chi connectivity index (χ3n) is 18.0. The van der Waals surface area contributed by atoms with Crippen LogP contribution in [0.5, 0.6) is 0 Å². The molecule has 0 heterocycles. The minimum atomic E-state index is -0.673. The summed E-state index contributed by atoms with van der Waals surface area (Å²) in [7, 11) is 0. The molecule has 0 aromatic heterocycles. The largest absolute Gasteiger partial charge is 0.481 e. The summed E-state index contributed by atoms with van der Waals surface area (Å²) in [5, 5.41) is 17.8. The molecule has 0 saturated carbocycles. The lowest BCUT2D eigenvalue weighted by Crippen LogP contribution is -2.31. The lowest BCUT2D eigenvalue weighted by atomic mass is 9.62. The second-order valence-corrected chi connectivity index (χ2v) is 24.7. The first-order valence-corrected chi connectivity index (χ1v) is 34.2. The van der Waals surface area contributed by atoms with Crippen LogP contribution in [0.2, 0.25) is 0 Å². The van der Waals surface area contributed by atoms with Crippen LogP contribution in [0.4, 0.5) is 0 Å². The molecule has 5 unspecified atom stereocenters. The van der Waals surface area contributed by atoms with Gasteiger partial charge in [-0.2, -0.15) is 0 Å². The zero-order chi connectivity index (χ0) is 55.1. The molecule has 0 radical (unpaired) electrons. The molecule has 2 aliphatic carbocycles. The Bertz CT molecular complexity index is 1590. The molecule has 2 aliphatic rings. The highest BCUT2D eigenvalue weighted by molar-refractivity contribution is 5.66. The van der Waals surface area contributed by atoms with Gasteiger partial charge in [0, 0.05) is 12.8 Å². The number of hydrogen-bond acceptors (Lipinski definition) is 2. The van der Waals surface area contributed by atoms with E-state index in [2.05, 4.69) is 71.9 Å². The first-order chi connectivity index (χ1) is 37.2. The van der Waals surface area contributed by atoms with Crippen LogP contribution >= 0.6 is 0 Å². The number of carbonyl (C=O) groups is 2. The summed E-state index contributed by atoms with van der Waals surface area (Å²) in [6.45, 7) is 13.9. The van der Waals surface area contributed by atoms with Gasteiger partial charge in [-0.1, -0.05) is 283 Å². The number of benzene rings is 1. The van der Waals surface area contributed by atoms with Crippen molar-refractivity contribution in [2.45, 2.75) is 356 Å². The van der Waals surface area contributed by atoms with Crippen molar-refractivity contribution in [2.75, 3.05) is 0 Å². The summed E-state index contributed by atoms with van der Waals surface area (Å²) >= 11 is 0. The molecular weight excluding hydrogens is 929 g/mol. The van der Waals surface area contributed by atoms with Gasteiger partial charge in [-0.25, -0.2) is 0 Å². The van der Waals surface area contributed by atoms with Crippen LogP contribution in [-0.2, 0) is 35.3 Å². The maximum Gasteiger partial charge on any atom is 0.303 e. The lowest BCUT2D eigenvalue weighted by molar-refractivity contribution is -0.138. The van der Waals surface area contributed by atoms with Crippen molar-refractivity contribution in [3.63, 3.8) is 0 Å². The Morgan fingerprint density at radius 2 is 0.724 bits per heavy atom. The van der Waals surface area contributed by atoms with Crippen LogP contribution in [0, 0.1) is 29.6 Å². The fraction of sp³-hybridized carbons (Fsp3) is 0.833. The molecular formula is C72H128O4. The molecule has 76 heavy (non-hydrogen) atoms. The fourth-order valence-corrected chi connectivity index (χ4v) is 13.2. The molecule has 0 amide bonds. The Hall–Kier alpha value is -2.36. The smallest absolute Gasteiger partial charge is 0.303 e. The van der Waals surface area contributed by atoms with Gasteiger partial charge in [0.05, 0.1) is 0 Å². The number of carboxylic acid groups (broad SMARTS) is 2. The van der Waals surface area contributed by atoms with Crippen LogP contribution in [-0.4, -0.2) is 22.2 Å². The molecule has 440 valence electrons. The summed E-state index contributed by atoms with van der Waals surface area (Å²) in [5.41, 5.74) is 8.82. The van der Waals surface area contributed by atoms with Gasteiger partial charge in [0.25, 0.3) is 0 Å². The quantitative estimate of drug-likeness (QED) is 0.0504. The monoisotopic (exact) mass is 1060 g/mol. The number of carboxylic acids is 2. The van der Waals surface area contributed by atoms with Crippen LogP contribution in [0.25, 0.3) is 0 Å². The molecule has 4 heteroatoms. The lowest BCUT2D eigenvalue weighted by Gasteiger charge is -2.42. The van der Waals surface area contributed by atoms with Crippen LogP contribution in [0.1, 0.15) is 353 Å². The third kappa shape index (κ3) is 33.3. The average Bonchev–Trinajstić information content (AvgIpc) is 3.41. The van der Waals surface area contributed by atoms with E-state index in [1.807, 2.05) is 0 Å². The molecule has 5 atom stereocenters. The third-order valence-corrected chi connectivity index (χ3v) is 18.0. The molecule has 0 saturated heterocycles. The molecule has 0 bridgehead atoms. The van der Waals surface area contributed by atoms with Crippen molar-refractivity contribution in [1.29, 1.82) is 0 Å². The molecule has 2 N–H and O–H groups in total. The number of allylic oxidation sites excluding steroid dienone is 4. The molecule has 1 aromatic carbocycles. The summed E-state index contributed by atoms with van der Waals surface area (Å²) in [6, 6.07) is 5.13. The van der Waals surface area contributed by atoms with Crippen molar-refractivity contribution in [3.05, 3.63) is 58.2 Å². The number of aliphatic carboxylic acids is 2. The van der Waals surface area contributed by atoms with Gasteiger partial charge in [-0.3, -0.25) is 9.59 Å². The zero-order valence-corrected chi connectivity index (χ0v) is 51.6. The highest BCUT2D eigenvalue weighted by Gasteiger charge is 2.37. The molecule has 0 aliphatic heterocycles. The van der Waals surface area contributed by atoms with E-state index in [1.54, 1.807) is 27.8 Å². The van der Waals surface area contributed by atoms with E-state index in [0.29, 0.717) is 30.6 Å². The first kappa shape index (κ1) is 69.7. The summed E-state index contributed by atoms with van der Waals surface area (Å²) in [5.74, 6) is 2.21. The van der Waals surface area contributed by atoms with Crippen LogP contribution in [0.15, 0.2) is 35.9 Å². The highest BCUT2D eigenvalue weighted by Crippen LogP contribution is 2.48. The average molecular weight is 1060 g/mol. The number of unbranched alkanes of at least 4 members (excludes halogenated alkanes) is 30. The van der Waals surface area contributed by atoms with E-state index in [0.717, 1.165) is 50.4 Å². The van der Waals surface area contributed by atoms with Crippen molar-refractivity contribution in [1.82, 2.24) is 0 Å². The first-order valence-electron chi connectivity index (χ1n) is 34.2.